The summed E-state index contributed by atoms with van der Waals surface area (Å²) in [4.78, 5) is 24.9. The Morgan fingerprint density at radius 3 is 2.57 bits per heavy atom. The SMILES string of the molecule is CNC(=O)C(Cc1cccc(Br)c1)NC(=O)c1cc(-c2ccc(C)cc2)n[nH]1. The Balaban J connectivity index is 1.74. The monoisotopic (exact) mass is 440 g/mol. The largest absolute Gasteiger partial charge is 0.357 e. The fourth-order valence-corrected chi connectivity index (χ4v) is 3.28. The van der Waals surface area contributed by atoms with Gasteiger partial charge in [-0.1, -0.05) is 57.9 Å². The first kappa shape index (κ1) is 19.8. The maximum atomic E-state index is 12.7. The van der Waals surface area contributed by atoms with Crippen LogP contribution in [0.3, 0.4) is 0 Å². The first-order valence-corrected chi connectivity index (χ1v) is 9.65. The number of hydrogen-bond acceptors (Lipinski definition) is 3. The van der Waals surface area contributed by atoms with E-state index in [9.17, 15) is 9.59 Å². The summed E-state index contributed by atoms with van der Waals surface area (Å²) in [6.45, 7) is 2.01. The molecule has 1 unspecified atom stereocenters. The second-order valence-corrected chi connectivity index (χ2v) is 7.42. The number of aromatic nitrogens is 2. The van der Waals surface area contributed by atoms with Crippen molar-refractivity contribution >= 4 is 27.7 Å². The van der Waals surface area contributed by atoms with Crippen LogP contribution >= 0.6 is 15.9 Å². The van der Waals surface area contributed by atoms with Gasteiger partial charge in [0, 0.05) is 23.5 Å². The Bertz CT molecular complexity index is 982. The highest BCUT2D eigenvalue weighted by molar-refractivity contribution is 9.10. The molecular formula is C21H21BrN4O2. The number of H-pyrrole nitrogens is 1. The van der Waals surface area contributed by atoms with Crippen LogP contribution in [0, 0.1) is 6.92 Å². The van der Waals surface area contributed by atoms with E-state index in [0.29, 0.717) is 17.8 Å². The van der Waals surface area contributed by atoms with Crippen LogP contribution in [0.5, 0.6) is 0 Å². The normalized spacial score (nSPS) is 11.7. The third-order valence-electron chi connectivity index (χ3n) is 4.37. The molecule has 144 valence electrons. The van der Waals surface area contributed by atoms with Crippen LogP contribution in [0.2, 0.25) is 0 Å². The van der Waals surface area contributed by atoms with Crippen molar-refractivity contribution in [2.75, 3.05) is 7.05 Å². The molecule has 0 saturated carbocycles. The lowest BCUT2D eigenvalue weighted by molar-refractivity contribution is -0.122. The van der Waals surface area contributed by atoms with Gasteiger partial charge in [0.2, 0.25) is 5.91 Å². The summed E-state index contributed by atoms with van der Waals surface area (Å²) < 4.78 is 0.920. The van der Waals surface area contributed by atoms with Gasteiger partial charge in [0.25, 0.3) is 5.91 Å². The Labute approximate surface area is 171 Å². The lowest BCUT2D eigenvalue weighted by atomic mass is 10.0. The minimum Gasteiger partial charge on any atom is -0.357 e. The molecule has 3 N–H and O–H groups in total. The molecule has 1 atom stereocenters. The smallest absolute Gasteiger partial charge is 0.269 e. The van der Waals surface area contributed by atoms with Crippen molar-refractivity contribution < 1.29 is 9.59 Å². The van der Waals surface area contributed by atoms with E-state index in [2.05, 4.69) is 36.8 Å². The van der Waals surface area contributed by atoms with E-state index in [0.717, 1.165) is 21.2 Å². The van der Waals surface area contributed by atoms with Crippen LogP contribution in [0.15, 0.2) is 59.1 Å². The zero-order valence-corrected chi connectivity index (χ0v) is 17.2. The molecule has 0 spiro atoms. The summed E-state index contributed by atoms with van der Waals surface area (Å²) in [5.74, 6) is -0.638. The van der Waals surface area contributed by atoms with Crippen LogP contribution in [-0.2, 0) is 11.2 Å². The fourth-order valence-electron chi connectivity index (χ4n) is 2.83. The minimum absolute atomic E-state index is 0.258. The van der Waals surface area contributed by atoms with Crippen molar-refractivity contribution in [3.8, 4) is 11.3 Å². The average molecular weight is 441 g/mol. The van der Waals surface area contributed by atoms with Crippen LogP contribution < -0.4 is 10.6 Å². The Kier molecular flexibility index (Phi) is 6.26. The molecular weight excluding hydrogens is 420 g/mol. The van der Waals surface area contributed by atoms with Gasteiger partial charge in [-0.15, -0.1) is 0 Å². The third-order valence-corrected chi connectivity index (χ3v) is 4.86. The molecule has 0 aliphatic heterocycles. The molecule has 7 heteroatoms. The number of benzene rings is 2. The molecule has 28 heavy (non-hydrogen) atoms. The summed E-state index contributed by atoms with van der Waals surface area (Å²) in [6, 6.07) is 16.5. The van der Waals surface area contributed by atoms with Crippen LogP contribution in [0.4, 0.5) is 0 Å². The second kappa shape index (κ2) is 8.84. The average Bonchev–Trinajstić information content (AvgIpc) is 3.18. The lowest BCUT2D eigenvalue weighted by Crippen LogP contribution is -2.47. The molecule has 0 bridgehead atoms. The summed E-state index contributed by atoms with van der Waals surface area (Å²) in [7, 11) is 1.55. The third kappa shape index (κ3) is 4.86. The van der Waals surface area contributed by atoms with E-state index in [-0.39, 0.29) is 11.8 Å². The maximum absolute atomic E-state index is 12.7. The number of aryl methyl sites for hydroxylation is 1. The van der Waals surface area contributed by atoms with Gasteiger partial charge in [0.1, 0.15) is 11.7 Å². The summed E-state index contributed by atoms with van der Waals surface area (Å²) in [5.41, 5.74) is 3.98. The van der Waals surface area contributed by atoms with Gasteiger partial charge in [-0.2, -0.15) is 5.10 Å². The van der Waals surface area contributed by atoms with Crippen molar-refractivity contribution in [1.82, 2.24) is 20.8 Å². The Hall–Kier alpha value is -2.93. The van der Waals surface area contributed by atoms with E-state index in [4.69, 9.17) is 0 Å². The molecule has 0 radical (unpaired) electrons. The number of carbonyl (C=O) groups is 2. The molecule has 1 heterocycles. The van der Waals surface area contributed by atoms with Crippen molar-refractivity contribution in [3.05, 3.63) is 75.9 Å². The van der Waals surface area contributed by atoms with E-state index in [1.165, 1.54) is 0 Å². The Morgan fingerprint density at radius 2 is 1.89 bits per heavy atom. The molecule has 0 fully saturated rings. The molecule has 2 aromatic carbocycles. The first-order valence-electron chi connectivity index (χ1n) is 8.85. The summed E-state index contributed by atoms with van der Waals surface area (Å²) in [6.07, 6.45) is 0.379. The van der Waals surface area contributed by atoms with Gasteiger partial charge in [-0.25, -0.2) is 0 Å². The number of aromatic amines is 1. The Morgan fingerprint density at radius 1 is 1.14 bits per heavy atom. The number of likely N-dealkylation sites (N-methyl/N-ethyl adjacent to an activating group) is 1. The zero-order chi connectivity index (χ0) is 20.1. The van der Waals surface area contributed by atoms with E-state index < -0.39 is 6.04 Å². The molecule has 6 nitrogen and oxygen atoms in total. The van der Waals surface area contributed by atoms with Crippen molar-refractivity contribution in [2.45, 2.75) is 19.4 Å². The maximum Gasteiger partial charge on any atom is 0.269 e. The van der Waals surface area contributed by atoms with Crippen LogP contribution in [0.25, 0.3) is 11.3 Å². The molecule has 3 aromatic rings. The van der Waals surface area contributed by atoms with Gasteiger partial charge in [0.15, 0.2) is 0 Å². The van der Waals surface area contributed by atoms with Gasteiger partial charge in [-0.3, -0.25) is 14.7 Å². The number of rotatable bonds is 6. The predicted octanol–water partition coefficient (Wildman–Crippen LogP) is 3.23. The van der Waals surface area contributed by atoms with Gasteiger partial charge in [-0.05, 0) is 30.7 Å². The minimum atomic E-state index is -0.696. The van der Waals surface area contributed by atoms with Crippen molar-refractivity contribution in [2.24, 2.45) is 0 Å². The quantitative estimate of drug-likeness (QED) is 0.549. The van der Waals surface area contributed by atoms with E-state index in [1.54, 1.807) is 13.1 Å². The number of nitrogens with one attached hydrogen (secondary N) is 3. The fraction of sp³-hybridized carbons (Fsp3) is 0.190. The predicted molar refractivity (Wildman–Crippen MR) is 112 cm³/mol. The highest BCUT2D eigenvalue weighted by Crippen LogP contribution is 2.18. The molecule has 0 saturated heterocycles. The number of carbonyl (C=O) groups excluding carboxylic acids is 2. The lowest BCUT2D eigenvalue weighted by Gasteiger charge is -2.17. The number of amides is 2. The molecule has 0 aliphatic carbocycles. The standard InChI is InChI=1S/C21H21BrN4O2/c1-13-6-8-15(9-7-13)17-12-19(26-25-17)21(28)24-18(20(27)23-2)11-14-4-3-5-16(22)10-14/h3-10,12,18H,11H2,1-2H3,(H,23,27)(H,24,28)(H,25,26). The molecule has 1 aromatic heterocycles. The van der Waals surface area contributed by atoms with Crippen LogP contribution in [-0.4, -0.2) is 35.1 Å². The van der Waals surface area contributed by atoms with Crippen molar-refractivity contribution in [3.63, 3.8) is 0 Å². The van der Waals surface area contributed by atoms with Crippen LogP contribution in [0.1, 0.15) is 21.6 Å². The molecule has 0 aliphatic rings. The first-order chi connectivity index (χ1) is 13.5. The van der Waals surface area contributed by atoms with Gasteiger partial charge < -0.3 is 10.6 Å². The number of nitrogens with zero attached hydrogens (tertiary/aromatic N) is 1. The summed E-state index contributed by atoms with van der Waals surface area (Å²) >= 11 is 3.42. The summed E-state index contributed by atoms with van der Waals surface area (Å²) in [5, 5.41) is 12.4. The van der Waals surface area contributed by atoms with E-state index in [1.807, 2.05) is 55.5 Å². The topological polar surface area (TPSA) is 86.9 Å². The molecule has 2 amide bonds. The highest BCUT2D eigenvalue weighted by atomic mass is 79.9. The number of halogens is 1. The van der Waals surface area contributed by atoms with Gasteiger partial charge >= 0.3 is 0 Å². The van der Waals surface area contributed by atoms with E-state index >= 15 is 0 Å². The van der Waals surface area contributed by atoms with Gasteiger partial charge in [0.05, 0.1) is 5.69 Å². The molecule has 3 rings (SSSR count). The van der Waals surface area contributed by atoms with Crippen molar-refractivity contribution in [1.29, 1.82) is 0 Å². The number of hydrogen-bond donors (Lipinski definition) is 3. The second-order valence-electron chi connectivity index (χ2n) is 6.51. The zero-order valence-electron chi connectivity index (χ0n) is 15.6. The highest BCUT2D eigenvalue weighted by Gasteiger charge is 2.22.